The van der Waals surface area contributed by atoms with E-state index in [1.165, 1.54) is 12.2 Å². The minimum Gasteiger partial charge on any atom is -0.481 e. The van der Waals surface area contributed by atoms with Crippen molar-refractivity contribution in [1.29, 1.82) is 0 Å². The number of hydrogen-bond donors (Lipinski definition) is 3. The van der Waals surface area contributed by atoms with Crippen molar-refractivity contribution in [3.63, 3.8) is 0 Å². The molecule has 1 fully saturated rings. The maximum atomic E-state index is 14.9. The summed E-state index contributed by atoms with van der Waals surface area (Å²) >= 11 is 0. The molecule has 132 valence electrons. The van der Waals surface area contributed by atoms with E-state index in [1.54, 1.807) is 18.2 Å². The third kappa shape index (κ3) is 4.21. The highest BCUT2D eigenvalue weighted by atomic mass is 19.1. The normalized spacial score (nSPS) is 17.1. The molecule has 1 aliphatic rings. The van der Waals surface area contributed by atoms with Crippen molar-refractivity contribution in [2.24, 2.45) is 0 Å². The molecule has 5 nitrogen and oxygen atoms in total. The van der Waals surface area contributed by atoms with E-state index in [-0.39, 0.29) is 18.2 Å². The highest BCUT2D eigenvalue weighted by molar-refractivity contribution is 5.82. The predicted molar refractivity (Wildman–Crippen MR) is 91.6 cm³/mol. The third-order valence-corrected chi connectivity index (χ3v) is 4.27. The molecule has 1 unspecified atom stereocenters. The lowest BCUT2D eigenvalue weighted by molar-refractivity contribution is -0.139. The van der Waals surface area contributed by atoms with Crippen LogP contribution in [0.15, 0.2) is 30.3 Å². The van der Waals surface area contributed by atoms with E-state index < -0.39 is 24.6 Å². The molecule has 0 amide bonds. The van der Waals surface area contributed by atoms with E-state index in [0.29, 0.717) is 22.2 Å². The van der Waals surface area contributed by atoms with Gasteiger partial charge in [0.2, 0.25) is 0 Å². The summed E-state index contributed by atoms with van der Waals surface area (Å²) in [5.41, 5.74) is 1.65. The Morgan fingerprint density at radius 2 is 2.04 bits per heavy atom. The van der Waals surface area contributed by atoms with E-state index in [0.717, 1.165) is 12.8 Å². The summed E-state index contributed by atoms with van der Waals surface area (Å²) in [5, 5.41) is 28.6. The smallest absolute Gasteiger partial charge is 0.305 e. The first-order valence-corrected chi connectivity index (χ1v) is 8.30. The number of nitrogens with zero attached hydrogens (tertiary/aromatic N) is 1. The molecule has 1 heterocycles. The molecule has 1 saturated carbocycles. The summed E-state index contributed by atoms with van der Waals surface area (Å²) in [6.45, 7) is 0. The summed E-state index contributed by atoms with van der Waals surface area (Å²) in [4.78, 5) is 15.1. The average Bonchev–Trinajstić information content (AvgIpc) is 3.37. The van der Waals surface area contributed by atoms with Crippen molar-refractivity contribution in [2.45, 2.75) is 43.8 Å². The fraction of sp³-hybridized carbons (Fsp3) is 0.368. The third-order valence-electron chi connectivity index (χ3n) is 4.27. The van der Waals surface area contributed by atoms with Crippen LogP contribution in [0.1, 0.15) is 42.9 Å². The molecule has 6 heteroatoms. The number of aliphatic carboxylic acids is 1. The molecule has 1 aromatic heterocycles. The number of aliphatic hydroxyl groups is 2. The topological polar surface area (TPSA) is 90.7 Å². The van der Waals surface area contributed by atoms with Gasteiger partial charge in [-0.15, -0.1) is 0 Å². The molecule has 0 saturated heterocycles. The number of aromatic nitrogens is 1. The zero-order chi connectivity index (χ0) is 18.0. The van der Waals surface area contributed by atoms with Gasteiger partial charge in [-0.3, -0.25) is 9.78 Å². The van der Waals surface area contributed by atoms with Gasteiger partial charge in [0.25, 0.3) is 0 Å². The van der Waals surface area contributed by atoms with Gasteiger partial charge < -0.3 is 15.3 Å². The number of halogens is 1. The van der Waals surface area contributed by atoms with Crippen molar-refractivity contribution in [1.82, 2.24) is 4.98 Å². The molecule has 2 aromatic rings. The zero-order valence-corrected chi connectivity index (χ0v) is 13.6. The lowest BCUT2D eigenvalue weighted by atomic mass is 10.0. The Hall–Kier alpha value is -2.31. The summed E-state index contributed by atoms with van der Waals surface area (Å²) < 4.78 is 14.9. The fourth-order valence-corrected chi connectivity index (χ4v) is 2.88. The Balaban J connectivity index is 1.86. The first-order valence-electron chi connectivity index (χ1n) is 8.30. The van der Waals surface area contributed by atoms with Crippen molar-refractivity contribution in [2.75, 3.05) is 0 Å². The number of aliphatic hydroxyl groups excluding tert-OH is 2. The van der Waals surface area contributed by atoms with Gasteiger partial charge >= 0.3 is 5.97 Å². The molecular weight excluding hydrogens is 325 g/mol. The Bertz CT molecular complexity index is 816. The molecule has 0 bridgehead atoms. The molecule has 3 N–H and O–H groups in total. The number of carboxylic acid groups (broad SMARTS) is 1. The van der Waals surface area contributed by atoms with E-state index >= 15 is 0 Å². The maximum absolute atomic E-state index is 14.9. The van der Waals surface area contributed by atoms with Crippen LogP contribution < -0.4 is 0 Å². The van der Waals surface area contributed by atoms with Crippen LogP contribution in [-0.4, -0.2) is 38.5 Å². The Kier molecular flexibility index (Phi) is 5.11. The first kappa shape index (κ1) is 17.5. The predicted octanol–water partition coefficient (Wildman–Crippen LogP) is 2.85. The van der Waals surface area contributed by atoms with E-state index in [9.17, 15) is 19.4 Å². The Labute approximate surface area is 144 Å². The molecule has 0 aliphatic heterocycles. The minimum atomic E-state index is -1.15. The van der Waals surface area contributed by atoms with Gasteiger partial charge in [-0.05, 0) is 25.0 Å². The van der Waals surface area contributed by atoms with Crippen molar-refractivity contribution in [3.8, 4) is 0 Å². The fourth-order valence-electron chi connectivity index (χ4n) is 2.88. The van der Waals surface area contributed by atoms with Gasteiger partial charge in [0.1, 0.15) is 5.82 Å². The molecule has 2 atom stereocenters. The van der Waals surface area contributed by atoms with Gasteiger partial charge in [0.15, 0.2) is 0 Å². The average molecular weight is 345 g/mol. The lowest BCUT2D eigenvalue weighted by Gasteiger charge is -2.12. The van der Waals surface area contributed by atoms with Gasteiger partial charge in [-0.1, -0.05) is 24.3 Å². The number of carbonyl (C=O) groups is 1. The standard InChI is InChI=1S/C19H20FNO4/c20-18-14-3-1-2-4-16(14)21-19(11-5-6-11)15(18)8-7-12(22)9-13(23)10-17(24)25/h1-4,7-8,11-13,22-23H,5-6,9-10H2,(H,24,25)/b8-7+/t12?,13-/m1/s1. The molecule has 3 rings (SSSR count). The van der Waals surface area contributed by atoms with Gasteiger partial charge in [-0.2, -0.15) is 0 Å². The Morgan fingerprint density at radius 3 is 2.72 bits per heavy atom. The zero-order valence-electron chi connectivity index (χ0n) is 13.6. The molecular formula is C19H20FNO4. The highest BCUT2D eigenvalue weighted by Crippen LogP contribution is 2.42. The number of carboxylic acids is 1. The molecule has 0 spiro atoms. The number of hydrogen-bond acceptors (Lipinski definition) is 4. The second-order valence-electron chi connectivity index (χ2n) is 6.43. The lowest BCUT2D eigenvalue weighted by Crippen LogP contribution is -2.19. The van der Waals surface area contributed by atoms with Crippen LogP contribution in [0.5, 0.6) is 0 Å². The summed E-state index contributed by atoms with van der Waals surface area (Å²) in [6.07, 6.45) is 2.02. The summed E-state index contributed by atoms with van der Waals surface area (Å²) in [5.74, 6) is -1.28. The van der Waals surface area contributed by atoms with Crippen LogP contribution >= 0.6 is 0 Å². The van der Waals surface area contributed by atoms with Crippen molar-refractivity contribution >= 4 is 22.9 Å². The monoisotopic (exact) mass is 345 g/mol. The van der Waals surface area contributed by atoms with Crippen LogP contribution in [0.4, 0.5) is 4.39 Å². The minimum absolute atomic E-state index is 0.121. The second kappa shape index (κ2) is 7.29. The van der Waals surface area contributed by atoms with E-state index in [1.807, 2.05) is 6.07 Å². The first-order chi connectivity index (χ1) is 12.0. The summed E-state index contributed by atoms with van der Waals surface area (Å²) in [7, 11) is 0. The van der Waals surface area contributed by atoms with Gasteiger partial charge in [0, 0.05) is 23.3 Å². The summed E-state index contributed by atoms with van der Waals surface area (Å²) in [6, 6.07) is 7.00. The number of benzene rings is 1. The van der Waals surface area contributed by atoms with Crippen molar-refractivity contribution in [3.05, 3.63) is 47.4 Å². The molecule has 1 aliphatic carbocycles. The van der Waals surface area contributed by atoms with Crippen LogP contribution in [0.25, 0.3) is 17.0 Å². The van der Waals surface area contributed by atoms with Crippen LogP contribution in [-0.2, 0) is 4.79 Å². The van der Waals surface area contributed by atoms with Crippen LogP contribution in [0.3, 0.4) is 0 Å². The molecule has 0 radical (unpaired) electrons. The number of fused-ring (bicyclic) bond motifs is 1. The van der Waals surface area contributed by atoms with Gasteiger partial charge in [0.05, 0.1) is 29.8 Å². The molecule has 1 aromatic carbocycles. The SMILES string of the molecule is O=C(O)C[C@H](O)CC(O)/C=C/c1c(C2CC2)nc2ccccc2c1F. The van der Waals surface area contributed by atoms with E-state index in [2.05, 4.69) is 4.98 Å². The largest absolute Gasteiger partial charge is 0.481 e. The number of para-hydroxylation sites is 1. The van der Waals surface area contributed by atoms with Crippen LogP contribution in [0.2, 0.25) is 0 Å². The van der Waals surface area contributed by atoms with Gasteiger partial charge in [-0.25, -0.2) is 4.39 Å². The quantitative estimate of drug-likeness (QED) is 0.718. The van der Waals surface area contributed by atoms with Crippen LogP contribution in [0, 0.1) is 5.82 Å². The maximum Gasteiger partial charge on any atom is 0.305 e. The molecule has 25 heavy (non-hydrogen) atoms. The highest BCUT2D eigenvalue weighted by Gasteiger charge is 2.29. The van der Waals surface area contributed by atoms with Crippen molar-refractivity contribution < 1.29 is 24.5 Å². The number of pyridine rings is 1. The second-order valence-corrected chi connectivity index (χ2v) is 6.43. The Morgan fingerprint density at radius 1 is 1.32 bits per heavy atom. The number of rotatable bonds is 7. The van der Waals surface area contributed by atoms with E-state index in [4.69, 9.17) is 5.11 Å².